The number of thioether (sulfide) groups is 1. The van der Waals surface area contributed by atoms with Crippen LogP contribution < -0.4 is 9.64 Å². The van der Waals surface area contributed by atoms with E-state index in [1.165, 1.54) is 0 Å². The van der Waals surface area contributed by atoms with Crippen molar-refractivity contribution in [2.45, 2.75) is 0 Å². The molecule has 0 atom stereocenters. The van der Waals surface area contributed by atoms with Gasteiger partial charge in [-0.2, -0.15) is 0 Å². The number of amides is 2. The van der Waals surface area contributed by atoms with Gasteiger partial charge in [-0.05, 0) is 53.7 Å². The Morgan fingerprint density at radius 1 is 1.16 bits per heavy atom. The van der Waals surface area contributed by atoms with Crippen LogP contribution >= 0.6 is 23.4 Å². The summed E-state index contributed by atoms with van der Waals surface area (Å²) in [6.07, 6.45) is 3.33. The van der Waals surface area contributed by atoms with Crippen molar-refractivity contribution in [3.63, 3.8) is 0 Å². The highest BCUT2D eigenvalue weighted by atomic mass is 35.5. The minimum absolute atomic E-state index is 0.349. The normalized spacial score (nSPS) is 15.7. The van der Waals surface area contributed by atoms with Gasteiger partial charge in [-0.25, -0.2) is 4.90 Å². The van der Waals surface area contributed by atoms with Crippen LogP contribution in [0.15, 0.2) is 66.1 Å². The second-order valence-corrected chi connectivity index (χ2v) is 6.60. The maximum Gasteiger partial charge on any atom is 0.298 e. The molecule has 1 aliphatic heterocycles. The highest BCUT2D eigenvalue weighted by Gasteiger charge is 2.36. The maximum absolute atomic E-state index is 12.6. The van der Waals surface area contributed by atoms with Crippen molar-refractivity contribution in [2.24, 2.45) is 0 Å². The zero-order valence-corrected chi connectivity index (χ0v) is 14.7. The molecule has 25 heavy (non-hydrogen) atoms. The molecule has 3 rings (SSSR count). The molecule has 0 spiro atoms. The molecular weight excluding hydrogens is 358 g/mol. The van der Waals surface area contributed by atoms with E-state index in [4.69, 9.17) is 16.3 Å². The van der Waals surface area contributed by atoms with Gasteiger partial charge in [-0.15, -0.1) is 0 Å². The number of hydrogen-bond donors (Lipinski definition) is 0. The minimum atomic E-state index is -0.366. The molecule has 6 heteroatoms. The van der Waals surface area contributed by atoms with Crippen molar-refractivity contribution in [1.29, 1.82) is 0 Å². The first kappa shape index (κ1) is 17.3. The molecule has 2 aromatic carbocycles. The fourth-order valence-electron chi connectivity index (χ4n) is 2.31. The lowest BCUT2D eigenvalue weighted by molar-refractivity contribution is -0.113. The van der Waals surface area contributed by atoms with Crippen molar-refractivity contribution >= 4 is 46.3 Å². The van der Waals surface area contributed by atoms with Crippen LogP contribution in [-0.4, -0.2) is 17.8 Å². The summed E-state index contributed by atoms with van der Waals surface area (Å²) in [6, 6.07) is 13.9. The predicted octanol–water partition coefficient (Wildman–Crippen LogP) is 5.15. The predicted molar refractivity (Wildman–Crippen MR) is 102 cm³/mol. The van der Waals surface area contributed by atoms with Crippen LogP contribution in [-0.2, 0) is 4.79 Å². The number of anilines is 1. The summed E-state index contributed by atoms with van der Waals surface area (Å²) in [7, 11) is 0. The number of imide groups is 1. The van der Waals surface area contributed by atoms with Gasteiger partial charge < -0.3 is 4.74 Å². The van der Waals surface area contributed by atoms with E-state index >= 15 is 0 Å². The Morgan fingerprint density at radius 2 is 1.96 bits per heavy atom. The zero-order valence-electron chi connectivity index (χ0n) is 13.1. The Labute approximate surface area is 154 Å². The van der Waals surface area contributed by atoms with E-state index in [-0.39, 0.29) is 11.1 Å². The molecule has 2 aromatic rings. The van der Waals surface area contributed by atoms with Crippen molar-refractivity contribution in [2.75, 3.05) is 11.5 Å². The lowest BCUT2D eigenvalue weighted by Crippen LogP contribution is -2.27. The van der Waals surface area contributed by atoms with Crippen LogP contribution in [0.25, 0.3) is 6.08 Å². The number of halogens is 1. The molecule has 0 radical (unpaired) electrons. The number of rotatable bonds is 5. The van der Waals surface area contributed by atoms with Crippen molar-refractivity contribution in [1.82, 2.24) is 0 Å². The van der Waals surface area contributed by atoms with Crippen LogP contribution in [0, 0.1) is 0 Å². The fraction of sp³-hybridized carbons (Fsp3) is 0.0526. The van der Waals surface area contributed by atoms with E-state index in [1.54, 1.807) is 42.5 Å². The van der Waals surface area contributed by atoms with Crippen LogP contribution in [0.5, 0.6) is 5.75 Å². The van der Waals surface area contributed by atoms with Gasteiger partial charge in [0.1, 0.15) is 12.4 Å². The lowest BCUT2D eigenvalue weighted by atomic mass is 10.2. The number of nitrogens with zero attached hydrogens (tertiary/aromatic N) is 1. The molecule has 0 unspecified atom stereocenters. The first-order valence-corrected chi connectivity index (χ1v) is 8.65. The van der Waals surface area contributed by atoms with Crippen molar-refractivity contribution in [3.05, 3.63) is 76.7 Å². The van der Waals surface area contributed by atoms with Gasteiger partial charge >= 0.3 is 0 Å². The second-order valence-electron chi connectivity index (χ2n) is 5.17. The number of carbonyl (C=O) groups is 2. The van der Waals surface area contributed by atoms with E-state index in [9.17, 15) is 9.59 Å². The Kier molecular flexibility index (Phi) is 5.26. The molecule has 1 heterocycles. The Balaban J connectivity index is 1.86. The van der Waals surface area contributed by atoms with Crippen LogP contribution in [0.1, 0.15) is 5.56 Å². The molecule has 0 aliphatic carbocycles. The SMILES string of the molecule is C=CCOc1cccc(/C=C2\SC(=O)N(c3cccc(Cl)c3)C2=O)c1. The molecule has 1 aliphatic rings. The Morgan fingerprint density at radius 3 is 2.72 bits per heavy atom. The Hall–Kier alpha value is -2.50. The molecule has 0 N–H and O–H groups in total. The molecule has 4 nitrogen and oxygen atoms in total. The molecule has 0 aromatic heterocycles. The summed E-state index contributed by atoms with van der Waals surface area (Å²) in [4.78, 5) is 26.3. The smallest absolute Gasteiger partial charge is 0.298 e. The summed E-state index contributed by atoms with van der Waals surface area (Å²) in [5.41, 5.74) is 1.24. The number of benzene rings is 2. The topological polar surface area (TPSA) is 46.6 Å². The molecule has 1 saturated heterocycles. The van der Waals surface area contributed by atoms with Crippen LogP contribution in [0.2, 0.25) is 5.02 Å². The fourth-order valence-corrected chi connectivity index (χ4v) is 3.33. The summed E-state index contributed by atoms with van der Waals surface area (Å²) in [5, 5.41) is 0.116. The monoisotopic (exact) mass is 371 g/mol. The Bertz CT molecular complexity index is 878. The van der Waals surface area contributed by atoms with Crippen molar-refractivity contribution < 1.29 is 14.3 Å². The zero-order chi connectivity index (χ0) is 17.8. The summed E-state index contributed by atoms with van der Waals surface area (Å²) in [5.74, 6) is 0.303. The second kappa shape index (κ2) is 7.59. The van der Waals surface area contributed by atoms with E-state index in [2.05, 4.69) is 6.58 Å². The van der Waals surface area contributed by atoms with Gasteiger partial charge in [0, 0.05) is 5.02 Å². The quantitative estimate of drug-likeness (QED) is 0.539. The van der Waals surface area contributed by atoms with Gasteiger partial charge in [0.05, 0.1) is 10.6 Å². The first-order valence-electron chi connectivity index (χ1n) is 7.46. The van der Waals surface area contributed by atoms with Gasteiger partial charge in [-0.1, -0.05) is 42.5 Å². The van der Waals surface area contributed by atoms with Gasteiger partial charge in [0.15, 0.2) is 0 Å². The van der Waals surface area contributed by atoms with Crippen LogP contribution in [0.3, 0.4) is 0 Å². The van der Waals surface area contributed by atoms with E-state index < -0.39 is 0 Å². The van der Waals surface area contributed by atoms with Gasteiger partial charge in [0.25, 0.3) is 11.1 Å². The highest BCUT2D eigenvalue weighted by molar-refractivity contribution is 8.19. The number of hydrogen-bond acceptors (Lipinski definition) is 4. The molecule has 1 fully saturated rings. The first-order chi connectivity index (χ1) is 12.1. The molecule has 0 bridgehead atoms. The minimum Gasteiger partial charge on any atom is -0.490 e. The van der Waals surface area contributed by atoms with E-state index in [1.807, 2.05) is 18.2 Å². The molecule has 126 valence electrons. The number of carbonyl (C=O) groups excluding carboxylic acids is 2. The summed E-state index contributed by atoms with van der Waals surface area (Å²) in [6.45, 7) is 4.00. The van der Waals surface area contributed by atoms with E-state index in [0.29, 0.717) is 28.0 Å². The van der Waals surface area contributed by atoms with Crippen LogP contribution in [0.4, 0.5) is 10.5 Å². The highest BCUT2D eigenvalue weighted by Crippen LogP contribution is 2.36. The third-order valence-electron chi connectivity index (χ3n) is 3.38. The largest absolute Gasteiger partial charge is 0.490 e. The standard InChI is InChI=1S/C19H14ClNO3S/c1-2-9-24-16-8-3-5-13(10-16)11-17-18(22)21(19(23)25-17)15-7-4-6-14(20)12-15/h2-8,10-12H,1,9H2/b17-11-. The summed E-state index contributed by atoms with van der Waals surface area (Å²) >= 11 is 6.85. The maximum atomic E-state index is 12.6. The third kappa shape index (κ3) is 3.95. The molecular formula is C19H14ClNO3S. The molecule has 0 saturated carbocycles. The van der Waals surface area contributed by atoms with Crippen molar-refractivity contribution in [3.8, 4) is 5.75 Å². The van der Waals surface area contributed by atoms with Gasteiger partial charge in [-0.3, -0.25) is 9.59 Å². The third-order valence-corrected chi connectivity index (χ3v) is 4.49. The average Bonchev–Trinajstić information content (AvgIpc) is 2.87. The number of ether oxygens (including phenoxy) is 1. The molecule has 2 amide bonds. The van der Waals surface area contributed by atoms with Gasteiger partial charge in [0.2, 0.25) is 0 Å². The lowest BCUT2D eigenvalue weighted by Gasteiger charge is -2.12. The van der Waals surface area contributed by atoms with E-state index in [0.717, 1.165) is 22.2 Å². The average molecular weight is 372 g/mol. The summed E-state index contributed by atoms with van der Waals surface area (Å²) < 4.78 is 5.48.